The molecule has 5 N–H and O–H groups in total. The SMILES string of the molecule is CCC(N)=C(C)C(C)=NNc1ccc(S(N)(=O)=O)cc1. The zero-order valence-electron chi connectivity index (χ0n) is 11.8. The molecule has 6 nitrogen and oxygen atoms in total. The molecule has 0 fully saturated rings. The minimum absolute atomic E-state index is 0.0649. The summed E-state index contributed by atoms with van der Waals surface area (Å²) in [5.74, 6) is 0. The Labute approximate surface area is 119 Å². The van der Waals surface area contributed by atoms with Crippen LogP contribution in [0.4, 0.5) is 5.69 Å². The summed E-state index contributed by atoms with van der Waals surface area (Å²) in [4.78, 5) is 0.0649. The van der Waals surface area contributed by atoms with Crippen molar-refractivity contribution < 1.29 is 8.42 Å². The number of hydrogen-bond donors (Lipinski definition) is 3. The fourth-order valence-electron chi connectivity index (χ4n) is 1.45. The van der Waals surface area contributed by atoms with Crippen molar-refractivity contribution in [3.63, 3.8) is 0 Å². The van der Waals surface area contributed by atoms with E-state index in [0.717, 1.165) is 23.4 Å². The van der Waals surface area contributed by atoms with E-state index in [4.69, 9.17) is 10.9 Å². The smallest absolute Gasteiger partial charge is 0.238 e. The highest BCUT2D eigenvalue weighted by Gasteiger charge is 2.06. The molecule has 0 saturated heterocycles. The second-order valence-electron chi connectivity index (χ2n) is 4.38. The molecule has 0 unspecified atom stereocenters. The summed E-state index contributed by atoms with van der Waals surface area (Å²) >= 11 is 0. The number of nitrogens with zero attached hydrogens (tertiary/aromatic N) is 1. The Morgan fingerprint density at radius 1 is 1.25 bits per heavy atom. The van der Waals surface area contributed by atoms with Crippen molar-refractivity contribution >= 4 is 21.4 Å². The van der Waals surface area contributed by atoms with Gasteiger partial charge in [-0.25, -0.2) is 13.6 Å². The van der Waals surface area contributed by atoms with Crippen LogP contribution in [-0.4, -0.2) is 14.1 Å². The van der Waals surface area contributed by atoms with Crippen molar-refractivity contribution in [3.8, 4) is 0 Å². The molecule has 1 aromatic carbocycles. The first kappa shape index (κ1) is 16.2. The maximum Gasteiger partial charge on any atom is 0.238 e. The summed E-state index contributed by atoms with van der Waals surface area (Å²) in [6, 6.07) is 6.04. The van der Waals surface area contributed by atoms with Crippen LogP contribution in [0, 0.1) is 0 Å². The van der Waals surface area contributed by atoms with Gasteiger partial charge in [-0.1, -0.05) is 6.92 Å². The molecule has 7 heteroatoms. The van der Waals surface area contributed by atoms with E-state index in [1.165, 1.54) is 12.1 Å². The van der Waals surface area contributed by atoms with Gasteiger partial charge < -0.3 is 5.73 Å². The molecule has 0 aliphatic rings. The molecule has 0 aromatic heterocycles. The molecule has 0 spiro atoms. The van der Waals surface area contributed by atoms with Crippen molar-refractivity contribution in [1.82, 2.24) is 0 Å². The van der Waals surface area contributed by atoms with Crippen LogP contribution in [-0.2, 0) is 10.0 Å². The number of anilines is 1. The molecule has 0 heterocycles. The molecule has 1 rings (SSSR count). The van der Waals surface area contributed by atoms with E-state index in [1.807, 2.05) is 20.8 Å². The largest absolute Gasteiger partial charge is 0.402 e. The number of benzene rings is 1. The molecule has 0 aliphatic heterocycles. The van der Waals surface area contributed by atoms with Gasteiger partial charge in [0.2, 0.25) is 10.0 Å². The Morgan fingerprint density at radius 2 is 1.80 bits per heavy atom. The number of nitrogens with one attached hydrogen (secondary N) is 1. The van der Waals surface area contributed by atoms with Crippen molar-refractivity contribution in [1.29, 1.82) is 0 Å². The Bertz CT molecular complexity index is 631. The molecular formula is C13H20N4O2S. The molecule has 110 valence electrons. The quantitative estimate of drug-likeness (QED) is 0.568. The van der Waals surface area contributed by atoms with Gasteiger partial charge in [0.15, 0.2) is 0 Å². The molecule has 0 bridgehead atoms. The van der Waals surface area contributed by atoms with Crippen molar-refractivity contribution in [3.05, 3.63) is 35.5 Å². The van der Waals surface area contributed by atoms with E-state index in [9.17, 15) is 8.42 Å². The fourth-order valence-corrected chi connectivity index (χ4v) is 1.96. The minimum atomic E-state index is -3.67. The molecule has 0 saturated carbocycles. The highest BCUT2D eigenvalue weighted by Crippen LogP contribution is 2.13. The van der Waals surface area contributed by atoms with E-state index in [2.05, 4.69) is 10.5 Å². The van der Waals surface area contributed by atoms with Crippen LogP contribution in [0.25, 0.3) is 0 Å². The number of primary sulfonamides is 1. The Hall–Kier alpha value is -1.86. The van der Waals surface area contributed by atoms with Gasteiger partial charge >= 0.3 is 0 Å². The Kier molecular flexibility index (Phi) is 5.29. The van der Waals surface area contributed by atoms with Crippen LogP contribution in [0.1, 0.15) is 27.2 Å². The maximum absolute atomic E-state index is 11.1. The van der Waals surface area contributed by atoms with Gasteiger partial charge in [0, 0.05) is 5.70 Å². The van der Waals surface area contributed by atoms with Crippen LogP contribution in [0.15, 0.2) is 45.5 Å². The lowest BCUT2D eigenvalue weighted by molar-refractivity contribution is 0.598. The summed E-state index contributed by atoms with van der Waals surface area (Å²) in [7, 11) is -3.67. The van der Waals surface area contributed by atoms with Crippen LogP contribution < -0.4 is 16.3 Å². The number of nitrogens with two attached hydrogens (primary N) is 2. The van der Waals surface area contributed by atoms with Crippen LogP contribution in [0.5, 0.6) is 0 Å². The molecular weight excluding hydrogens is 276 g/mol. The van der Waals surface area contributed by atoms with Crippen molar-refractivity contribution in [2.45, 2.75) is 32.1 Å². The zero-order chi connectivity index (χ0) is 15.3. The molecule has 1 aromatic rings. The summed E-state index contributed by atoms with van der Waals surface area (Å²) < 4.78 is 22.2. The number of hydrogen-bond acceptors (Lipinski definition) is 5. The monoisotopic (exact) mass is 296 g/mol. The summed E-state index contributed by atoms with van der Waals surface area (Å²) in [6.45, 7) is 5.73. The van der Waals surface area contributed by atoms with Gasteiger partial charge in [-0.2, -0.15) is 5.10 Å². The van der Waals surface area contributed by atoms with Crippen LogP contribution in [0.2, 0.25) is 0 Å². The molecule has 0 radical (unpaired) electrons. The summed E-state index contributed by atoms with van der Waals surface area (Å²) in [5, 5.41) is 9.22. The third-order valence-electron chi connectivity index (χ3n) is 2.94. The maximum atomic E-state index is 11.1. The van der Waals surface area contributed by atoms with Gasteiger partial charge in [-0.05, 0) is 50.1 Å². The van der Waals surface area contributed by atoms with Gasteiger partial charge in [0.1, 0.15) is 0 Å². The van der Waals surface area contributed by atoms with E-state index in [-0.39, 0.29) is 4.90 Å². The average Bonchev–Trinajstić information content (AvgIpc) is 2.42. The molecule has 0 atom stereocenters. The number of hydrazone groups is 1. The van der Waals surface area contributed by atoms with E-state index >= 15 is 0 Å². The first-order valence-corrected chi connectivity index (χ1v) is 7.69. The summed E-state index contributed by atoms with van der Waals surface area (Å²) in [5.41, 5.74) is 11.9. The standard InChI is InChI=1S/C13H20N4O2S/c1-4-13(14)9(2)10(3)16-17-11-5-7-12(8-6-11)20(15,18)19/h5-8,17H,4,14H2,1-3H3,(H2,15,18,19). The van der Waals surface area contributed by atoms with Crippen LogP contribution in [0.3, 0.4) is 0 Å². The zero-order valence-corrected chi connectivity index (χ0v) is 12.7. The molecule has 0 aliphatic carbocycles. The lowest BCUT2D eigenvalue weighted by Crippen LogP contribution is -2.11. The van der Waals surface area contributed by atoms with E-state index in [0.29, 0.717) is 5.69 Å². The van der Waals surface area contributed by atoms with Crippen LogP contribution >= 0.6 is 0 Å². The predicted molar refractivity (Wildman–Crippen MR) is 81.7 cm³/mol. The second-order valence-corrected chi connectivity index (χ2v) is 5.94. The predicted octanol–water partition coefficient (Wildman–Crippen LogP) is 1.76. The minimum Gasteiger partial charge on any atom is -0.402 e. The van der Waals surface area contributed by atoms with Gasteiger partial charge in [0.05, 0.1) is 16.3 Å². The Morgan fingerprint density at radius 3 is 2.25 bits per heavy atom. The third kappa shape index (κ3) is 4.36. The van der Waals surface area contributed by atoms with Crippen molar-refractivity contribution in [2.75, 3.05) is 5.43 Å². The number of sulfonamides is 1. The van der Waals surface area contributed by atoms with Crippen molar-refractivity contribution in [2.24, 2.45) is 16.0 Å². The first-order chi connectivity index (χ1) is 9.25. The third-order valence-corrected chi connectivity index (χ3v) is 3.87. The highest BCUT2D eigenvalue weighted by atomic mass is 32.2. The highest BCUT2D eigenvalue weighted by molar-refractivity contribution is 7.89. The first-order valence-electron chi connectivity index (χ1n) is 6.14. The number of allylic oxidation sites excluding steroid dienone is 2. The lowest BCUT2D eigenvalue weighted by Gasteiger charge is -2.07. The van der Waals surface area contributed by atoms with Gasteiger partial charge in [0.25, 0.3) is 0 Å². The lowest BCUT2D eigenvalue weighted by atomic mass is 10.1. The summed E-state index contributed by atoms with van der Waals surface area (Å²) in [6.07, 6.45) is 0.766. The topological polar surface area (TPSA) is 111 Å². The molecule has 0 amide bonds. The van der Waals surface area contributed by atoms with Gasteiger partial charge in [-0.3, -0.25) is 5.43 Å². The number of rotatable bonds is 5. The fraction of sp³-hybridized carbons (Fsp3) is 0.308. The van der Waals surface area contributed by atoms with Gasteiger partial charge in [-0.15, -0.1) is 0 Å². The normalized spacial score (nSPS) is 13.9. The molecule has 20 heavy (non-hydrogen) atoms. The second kappa shape index (κ2) is 6.53. The Balaban J connectivity index is 2.86. The van der Waals surface area contributed by atoms with E-state index < -0.39 is 10.0 Å². The van der Waals surface area contributed by atoms with E-state index in [1.54, 1.807) is 12.1 Å². The average molecular weight is 296 g/mol.